The molecule has 1 aliphatic rings. The third-order valence-corrected chi connectivity index (χ3v) is 1.66. The quantitative estimate of drug-likeness (QED) is 0.505. The normalized spacial score (nSPS) is 13.0. The maximum atomic E-state index is 10.3. The molecule has 0 bridgehead atoms. The topological polar surface area (TPSA) is 64.4 Å². The minimum atomic E-state index is -0.430. The van der Waals surface area contributed by atoms with Gasteiger partial charge in [0.25, 0.3) is 5.69 Å². The highest BCUT2D eigenvalue weighted by atomic mass is 16.6. The van der Waals surface area contributed by atoms with Crippen LogP contribution in [0.15, 0.2) is 18.2 Å². The van der Waals surface area contributed by atoms with E-state index in [1.165, 1.54) is 12.1 Å². The second-order valence-electron chi connectivity index (χ2n) is 2.40. The van der Waals surface area contributed by atoms with Crippen LogP contribution in [-0.4, -0.2) is 11.7 Å². The zero-order valence-electron chi connectivity index (χ0n) is 6.11. The fourth-order valence-corrected chi connectivity index (χ4v) is 1.09. The van der Waals surface area contributed by atoms with E-state index < -0.39 is 4.92 Å². The van der Waals surface area contributed by atoms with Gasteiger partial charge in [-0.15, -0.1) is 0 Å². The zero-order valence-corrected chi connectivity index (χ0v) is 6.11. The van der Waals surface area contributed by atoms with E-state index in [1.807, 2.05) is 0 Å². The highest BCUT2D eigenvalue weighted by molar-refractivity contribution is 5.63. The highest BCUT2D eigenvalue weighted by Gasteiger charge is 2.15. The molecule has 0 spiro atoms. The van der Waals surface area contributed by atoms with Crippen molar-refractivity contribution in [3.8, 4) is 5.75 Å². The van der Waals surface area contributed by atoms with Gasteiger partial charge in [0, 0.05) is 12.1 Å². The monoisotopic (exact) mass is 166 g/mol. The molecule has 1 aliphatic heterocycles. The van der Waals surface area contributed by atoms with Crippen molar-refractivity contribution in [2.45, 2.75) is 0 Å². The van der Waals surface area contributed by atoms with Crippen molar-refractivity contribution < 1.29 is 9.66 Å². The standard InChI is InChI=1S/C7H6N2O3/c10-9(11)5-1-2-7-6(3-5)8-4-12-7/h1-3,8H,4H2. The Kier molecular flexibility index (Phi) is 1.36. The average molecular weight is 166 g/mol. The van der Waals surface area contributed by atoms with Crippen LogP contribution < -0.4 is 10.1 Å². The Balaban J connectivity index is 2.45. The Hall–Kier alpha value is -1.78. The first-order valence-corrected chi connectivity index (χ1v) is 3.42. The van der Waals surface area contributed by atoms with Gasteiger partial charge in [-0.05, 0) is 6.07 Å². The maximum Gasteiger partial charge on any atom is 0.271 e. The van der Waals surface area contributed by atoms with Gasteiger partial charge in [-0.3, -0.25) is 10.1 Å². The minimum absolute atomic E-state index is 0.0757. The molecule has 1 aromatic carbocycles. The zero-order chi connectivity index (χ0) is 8.55. The lowest BCUT2D eigenvalue weighted by Gasteiger charge is -1.95. The van der Waals surface area contributed by atoms with E-state index in [0.717, 1.165) is 0 Å². The summed E-state index contributed by atoms with van der Waals surface area (Å²) in [6, 6.07) is 4.47. The van der Waals surface area contributed by atoms with Crippen LogP contribution in [0.25, 0.3) is 0 Å². The van der Waals surface area contributed by atoms with Gasteiger partial charge in [0.05, 0.1) is 10.6 Å². The van der Waals surface area contributed by atoms with Crippen molar-refractivity contribution in [1.29, 1.82) is 0 Å². The van der Waals surface area contributed by atoms with E-state index in [2.05, 4.69) is 5.32 Å². The first-order chi connectivity index (χ1) is 5.77. The van der Waals surface area contributed by atoms with E-state index >= 15 is 0 Å². The third kappa shape index (κ3) is 0.952. The lowest BCUT2D eigenvalue weighted by molar-refractivity contribution is -0.384. The average Bonchev–Trinajstić information content (AvgIpc) is 2.49. The van der Waals surface area contributed by atoms with Crippen LogP contribution in [0.5, 0.6) is 5.75 Å². The number of ether oxygens (including phenoxy) is 1. The number of rotatable bonds is 1. The van der Waals surface area contributed by atoms with Gasteiger partial charge in [-0.25, -0.2) is 0 Å². The summed E-state index contributed by atoms with van der Waals surface area (Å²) in [4.78, 5) is 9.91. The van der Waals surface area contributed by atoms with Crippen LogP contribution in [0.3, 0.4) is 0 Å². The Morgan fingerprint density at radius 3 is 3.17 bits per heavy atom. The Morgan fingerprint density at radius 1 is 1.58 bits per heavy atom. The fourth-order valence-electron chi connectivity index (χ4n) is 1.09. The molecule has 0 saturated heterocycles. The van der Waals surface area contributed by atoms with Crippen molar-refractivity contribution in [3.63, 3.8) is 0 Å². The molecule has 0 atom stereocenters. The molecule has 1 aromatic rings. The summed E-state index contributed by atoms with van der Waals surface area (Å²) in [7, 11) is 0. The number of hydrogen-bond acceptors (Lipinski definition) is 4. The largest absolute Gasteiger partial charge is 0.471 e. The second kappa shape index (κ2) is 2.37. The first kappa shape index (κ1) is 6.90. The molecule has 5 nitrogen and oxygen atoms in total. The van der Waals surface area contributed by atoms with Crippen molar-refractivity contribution in [2.24, 2.45) is 0 Å². The van der Waals surface area contributed by atoms with E-state index in [9.17, 15) is 10.1 Å². The molecule has 1 N–H and O–H groups in total. The summed E-state index contributed by atoms with van der Waals surface area (Å²) < 4.78 is 5.10. The molecule has 0 aromatic heterocycles. The molecule has 0 unspecified atom stereocenters. The molecule has 0 amide bonds. The van der Waals surface area contributed by atoms with Crippen LogP contribution in [0.2, 0.25) is 0 Å². The lowest BCUT2D eigenvalue weighted by Crippen LogP contribution is -1.96. The molecular weight excluding hydrogens is 160 g/mol. The number of nitrogens with one attached hydrogen (secondary N) is 1. The summed E-state index contributed by atoms with van der Waals surface area (Å²) in [5.41, 5.74) is 0.760. The molecule has 0 fully saturated rings. The molecule has 62 valence electrons. The predicted molar refractivity (Wildman–Crippen MR) is 42.2 cm³/mol. The Bertz CT molecular complexity index is 337. The van der Waals surface area contributed by atoms with E-state index in [-0.39, 0.29) is 5.69 Å². The molecule has 0 saturated carbocycles. The number of benzene rings is 1. The van der Waals surface area contributed by atoms with Crippen LogP contribution in [0.1, 0.15) is 0 Å². The lowest BCUT2D eigenvalue weighted by atomic mass is 10.2. The molecule has 1 heterocycles. The van der Waals surface area contributed by atoms with Gasteiger partial charge in [-0.2, -0.15) is 0 Å². The first-order valence-electron chi connectivity index (χ1n) is 3.42. The van der Waals surface area contributed by atoms with Crippen LogP contribution >= 0.6 is 0 Å². The molecule has 0 aliphatic carbocycles. The van der Waals surface area contributed by atoms with Gasteiger partial charge >= 0.3 is 0 Å². The summed E-state index contributed by atoms with van der Waals surface area (Å²) in [6.45, 7) is 0.385. The molecule has 12 heavy (non-hydrogen) atoms. The van der Waals surface area contributed by atoms with Crippen LogP contribution in [-0.2, 0) is 0 Å². The molecule has 5 heteroatoms. The molecular formula is C7H6N2O3. The maximum absolute atomic E-state index is 10.3. The number of non-ortho nitro benzene ring substituents is 1. The van der Waals surface area contributed by atoms with Gasteiger partial charge < -0.3 is 10.1 Å². The highest BCUT2D eigenvalue weighted by Crippen LogP contribution is 2.32. The number of nitro groups is 1. The number of nitro benzene ring substituents is 1. The van der Waals surface area contributed by atoms with Gasteiger partial charge in [0.1, 0.15) is 5.75 Å². The predicted octanol–water partition coefficient (Wildman–Crippen LogP) is 1.36. The summed E-state index contributed by atoms with van der Waals surface area (Å²) >= 11 is 0. The molecule has 2 rings (SSSR count). The summed E-state index contributed by atoms with van der Waals surface area (Å²) in [6.07, 6.45) is 0. The second-order valence-corrected chi connectivity index (χ2v) is 2.40. The van der Waals surface area contributed by atoms with Crippen molar-refractivity contribution >= 4 is 11.4 Å². The van der Waals surface area contributed by atoms with Gasteiger partial charge in [-0.1, -0.05) is 0 Å². The number of hydrogen-bond donors (Lipinski definition) is 1. The summed E-state index contributed by atoms with van der Waals surface area (Å²) in [5, 5.41) is 13.2. The Morgan fingerprint density at radius 2 is 2.42 bits per heavy atom. The van der Waals surface area contributed by atoms with E-state index in [4.69, 9.17) is 4.74 Å². The van der Waals surface area contributed by atoms with Crippen LogP contribution in [0.4, 0.5) is 11.4 Å². The minimum Gasteiger partial charge on any atom is -0.471 e. The number of nitrogens with zero attached hydrogens (tertiary/aromatic N) is 1. The van der Waals surface area contributed by atoms with Crippen molar-refractivity contribution in [3.05, 3.63) is 28.3 Å². The smallest absolute Gasteiger partial charge is 0.271 e. The van der Waals surface area contributed by atoms with E-state index in [1.54, 1.807) is 6.07 Å². The van der Waals surface area contributed by atoms with Crippen molar-refractivity contribution in [1.82, 2.24) is 0 Å². The van der Waals surface area contributed by atoms with Gasteiger partial charge in [0.2, 0.25) is 0 Å². The SMILES string of the molecule is O=[N+]([O-])c1ccc2c(c1)NCO2. The van der Waals surface area contributed by atoms with Gasteiger partial charge in [0.15, 0.2) is 6.73 Å². The summed E-state index contributed by atoms with van der Waals surface area (Å²) in [5.74, 6) is 0.667. The fraction of sp³-hybridized carbons (Fsp3) is 0.143. The van der Waals surface area contributed by atoms with Crippen LogP contribution in [0, 0.1) is 10.1 Å². The third-order valence-electron chi connectivity index (χ3n) is 1.66. The number of fused-ring (bicyclic) bond motifs is 1. The van der Waals surface area contributed by atoms with Crippen molar-refractivity contribution in [2.75, 3.05) is 12.0 Å². The number of anilines is 1. The van der Waals surface area contributed by atoms with E-state index in [0.29, 0.717) is 18.2 Å². The molecule has 0 radical (unpaired) electrons. The Labute approximate surface area is 68.1 Å².